The molecule has 2 heterocycles. The van der Waals surface area contributed by atoms with Gasteiger partial charge in [-0.05, 0) is 29.8 Å². The van der Waals surface area contributed by atoms with Crippen LogP contribution in [0.2, 0.25) is 0 Å². The number of carbonyl (C=O) groups excluding carboxylic acids is 1. The molecule has 4 rings (SSSR count). The standard InChI is InChI=1S/C21H16FN3O3/c22-16-5-1-3-14(9-16)11-24-21(26)19-10-17(28-25-19)13-27-20-6-2-4-15-12-23-8-7-18(15)20/h1-10,12H,11,13H2,(H,24,26). The topological polar surface area (TPSA) is 77.2 Å². The van der Waals surface area contributed by atoms with Crippen LogP contribution in [0.25, 0.3) is 10.8 Å². The highest BCUT2D eigenvalue weighted by Gasteiger charge is 2.13. The van der Waals surface area contributed by atoms with Gasteiger partial charge in [0.25, 0.3) is 5.91 Å². The molecule has 140 valence electrons. The van der Waals surface area contributed by atoms with Crippen molar-refractivity contribution in [3.05, 3.63) is 89.8 Å². The predicted molar refractivity (Wildman–Crippen MR) is 100 cm³/mol. The summed E-state index contributed by atoms with van der Waals surface area (Å²) in [5.41, 5.74) is 0.794. The van der Waals surface area contributed by atoms with E-state index in [2.05, 4.69) is 15.5 Å². The van der Waals surface area contributed by atoms with Crippen LogP contribution >= 0.6 is 0 Å². The van der Waals surface area contributed by atoms with Crippen molar-refractivity contribution in [3.8, 4) is 5.75 Å². The molecule has 7 heteroatoms. The fourth-order valence-electron chi connectivity index (χ4n) is 2.78. The third-order valence-electron chi connectivity index (χ3n) is 4.14. The third-order valence-corrected chi connectivity index (χ3v) is 4.14. The van der Waals surface area contributed by atoms with Crippen molar-refractivity contribution in [3.63, 3.8) is 0 Å². The number of halogens is 1. The van der Waals surface area contributed by atoms with Crippen LogP contribution in [-0.2, 0) is 13.2 Å². The minimum Gasteiger partial charge on any atom is -0.485 e. The van der Waals surface area contributed by atoms with Gasteiger partial charge in [-0.15, -0.1) is 0 Å². The summed E-state index contributed by atoms with van der Waals surface area (Å²) in [4.78, 5) is 16.3. The molecule has 0 aliphatic rings. The van der Waals surface area contributed by atoms with Crippen LogP contribution in [0.5, 0.6) is 5.75 Å². The molecular formula is C21H16FN3O3. The van der Waals surface area contributed by atoms with Gasteiger partial charge in [0.05, 0.1) is 0 Å². The van der Waals surface area contributed by atoms with E-state index in [-0.39, 0.29) is 24.7 Å². The Morgan fingerprint density at radius 2 is 2.04 bits per heavy atom. The minimum absolute atomic E-state index is 0.131. The van der Waals surface area contributed by atoms with E-state index >= 15 is 0 Å². The number of pyridine rings is 1. The summed E-state index contributed by atoms with van der Waals surface area (Å²) >= 11 is 0. The van der Waals surface area contributed by atoms with Crippen LogP contribution in [0, 0.1) is 5.82 Å². The lowest BCUT2D eigenvalue weighted by Crippen LogP contribution is -2.23. The lowest BCUT2D eigenvalue weighted by Gasteiger charge is -2.07. The van der Waals surface area contributed by atoms with Gasteiger partial charge >= 0.3 is 0 Å². The molecule has 4 aromatic rings. The molecule has 0 saturated carbocycles. The van der Waals surface area contributed by atoms with Crippen molar-refractivity contribution < 1.29 is 18.4 Å². The first-order valence-corrected chi connectivity index (χ1v) is 8.63. The maximum atomic E-state index is 13.2. The molecule has 1 N–H and O–H groups in total. The van der Waals surface area contributed by atoms with Crippen molar-refractivity contribution in [1.82, 2.24) is 15.5 Å². The summed E-state index contributed by atoms with van der Waals surface area (Å²) in [6, 6.07) is 15.1. The summed E-state index contributed by atoms with van der Waals surface area (Å²) in [5, 5.41) is 8.35. The highest BCUT2D eigenvalue weighted by Crippen LogP contribution is 2.25. The van der Waals surface area contributed by atoms with Gasteiger partial charge in [-0.25, -0.2) is 4.39 Å². The molecule has 2 aromatic carbocycles. The van der Waals surface area contributed by atoms with Crippen LogP contribution in [-0.4, -0.2) is 16.0 Å². The number of rotatable bonds is 6. The zero-order valence-corrected chi connectivity index (χ0v) is 14.8. The van der Waals surface area contributed by atoms with E-state index in [1.807, 2.05) is 24.3 Å². The molecule has 6 nitrogen and oxygen atoms in total. The number of nitrogens with zero attached hydrogens (tertiary/aromatic N) is 2. The minimum atomic E-state index is -0.407. The highest BCUT2D eigenvalue weighted by molar-refractivity contribution is 5.92. The largest absolute Gasteiger partial charge is 0.485 e. The molecule has 0 fully saturated rings. The first kappa shape index (κ1) is 17.7. The van der Waals surface area contributed by atoms with E-state index < -0.39 is 5.91 Å². The van der Waals surface area contributed by atoms with Gasteiger partial charge in [0.1, 0.15) is 18.2 Å². The Morgan fingerprint density at radius 1 is 1.14 bits per heavy atom. The van der Waals surface area contributed by atoms with Gasteiger partial charge in [0.15, 0.2) is 11.5 Å². The number of nitrogens with one attached hydrogen (secondary N) is 1. The molecule has 0 spiro atoms. The second kappa shape index (κ2) is 7.87. The molecule has 1 amide bonds. The van der Waals surface area contributed by atoms with Crippen LogP contribution in [0.1, 0.15) is 21.8 Å². The van der Waals surface area contributed by atoms with Crippen LogP contribution < -0.4 is 10.1 Å². The zero-order valence-electron chi connectivity index (χ0n) is 14.8. The summed E-state index contributed by atoms with van der Waals surface area (Å²) in [6.07, 6.45) is 3.46. The quantitative estimate of drug-likeness (QED) is 0.552. The monoisotopic (exact) mass is 377 g/mol. The van der Waals surface area contributed by atoms with E-state index in [9.17, 15) is 9.18 Å². The van der Waals surface area contributed by atoms with Crippen molar-refractivity contribution in [1.29, 1.82) is 0 Å². The highest BCUT2D eigenvalue weighted by atomic mass is 19.1. The molecule has 28 heavy (non-hydrogen) atoms. The number of amides is 1. The first-order valence-electron chi connectivity index (χ1n) is 8.63. The zero-order chi connectivity index (χ0) is 19.3. The number of benzene rings is 2. The number of fused-ring (bicyclic) bond motifs is 1. The maximum Gasteiger partial charge on any atom is 0.273 e. The van der Waals surface area contributed by atoms with Crippen LogP contribution in [0.15, 0.2) is 71.5 Å². The normalized spacial score (nSPS) is 10.8. The molecule has 0 aliphatic carbocycles. The lowest BCUT2D eigenvalue weighted by atomic mass is 10.1. The Morgan fingerprint density at radius 3 is 2.93 bits per heavy atom. The predicted octanol–water partition coefficient (Wildman–Crippen LogP) is 3.87. The number of aromatic nitrogens is 2. The van der Waals surface area contributed by atoms with Crippen LogP contribution in [0.3, 0.4) is 0 Å². The Kier molecular flexibility index (Phi) is 4.97. The van der Waals surface area contributed by atoms with Gasteiger partial charge in [-0.3, -0.25) is 9.78 Å². The second-order valence-corrected chi connectivity index (χ2v) is 6.13. The van der Waals surface area contributed by atoms with Gasteiger partial charge < -0.3 is 14.6 Å². The molecule has 0 atom stereocenters. The number of ether oxygens (including phenoxy) is 1. The van der Waals surface area contributed by atoms with Crippen LogP contribution in [0.4, 0.5) is 4.39 Å². The molecule has 0 radical (unpaired) electrons. The Bertz CT molecular complexity index is 1120. The summed E-state index contributed by atoms with van der Waals surface area (Å²) < 4.78 is 24.2. The van der Waals surface area contributed by atoms with Gasteiger partial charge in [-0.2, -0.15) is 0 Å². The summed E-state index contributed by atoms with van der Waals surface area (Å²) in [7, 11) is 0. The van der Waals surface area contributed by atoms with E-state index in [1.165, 1.54) is 18.2 Å². The third kappa shape index (κ3) is 3.98. The number of hydrogen-bond donors (Lipinski definition) is 1. The average Bonchev–Trinajstić information content (AvgIpc) is 3.20. The van der Waals surface area contributed by atoms with E-state index in [0.29, 0.717) is 17.1 Å². The van der Waals surface area contributed by atoms with Gasteiger partial charge in [-0.1, -0.05) is 29.4 Å². The summed E-state index contributed by atoms with van der Waals surface area (Å²) in [5.74, 6) is 0.350. The molecule has 0 unspecified atom stereocenters. The van der Waals surface area contributed by atoms with Crippen molar-refractivity contribution in [2.24, 2.45) is 0 Å². The second-order valence-electron chi connectivity index (χ2n) is 6.13. The molecule has 0 aliphatic heterocycles. The van der Waals surface area contributed by atoms with E-state index in [1.54, 1.807) is 24.5 Å². The fraction of sp³-hybridized carbons (Fsp3) is 0.0952. The Labute approximate surface area is 159 Å². The van der Waals surface area contributed by atoms with E-state index in [0.717, 1.165) is 10.8 Å². The van der Waals surface area contributed by atoms with Crippen molar-refractivity contribution >= 4 is 16.7 Å². The SMILES string of the molecule is O=C(NCc1cccc(F)c1)c1cc(COc2cccc3cnccc23)on1. The Hall–Kier alpha value is -3.74. The molecule has 2 aromatic heterocycles. The lowest BCUT2D eigenvalue weighted by molar-refractivity contribution is 0.0941. The van der Waals surface area contributed by atoms with Crippen molar-refractivity contribution in [2.75, 3.05) is 0 Å². The van der Waals surface area contributed by atoms with Gasteiger partial charge in [0.2, 0.25) is 0 Å². The summed E-state index contributed by atoms with van der Waals surface area (Å²) in [6.45, 7) is 0.324. The average molecular weight is 377 g/mol. The molecule has 0 bridgehead atoms. The first-order chi connectivity index (χ1) is 13.7. The molecular weight excluding hydrogens is 361 g/mol. The van der Waals surface area contributed by atoms with Crippen molar-refractivity contribution in [2.45, 2.75) is 13.2 Å². The Balaban J connectivity index is 1.38. The molecule has 0 saturated heterocycles. The number of carbonyl (C=O) groups is 1. The smallest absolute Gasteiger partial charge is 0.273 e. The maximum absolute atomic E-state index is 13.2. The number of hydrogen-bond acceptors (Lipinski definition) is 5. The fourth-order valence-corrected chi connectivity index (χ4v) is 2.78. The van der Waals surface area contributed by atoms with E-state index in [4.69, 9.17) is 9.26 Å². The van der Waals surface area contributed by atoms with Gasteiger partial charge in [0, 0.05) is 35.8 Å².